The monoisotopic (exact) mass is 681 g/mol. The molecule has 244 valence electrons. The number of hydrogen-bond acceptors (Lipinski definition) is 3. The number of nitrogens with zero attached hydrogens (tertiary/aromatic N) is 2. The highest BCUT2D eigenvalue weighted by Crippen LogP contribution is 2.63. The van der Waals surface area contributed by atoms with Gasteiger partial charge in [0.25, 0.3) is 0 Å². The highest BCUT2D eigenvalue weighted by molar-refractivity contribution is 7.99. The number of imidazole rings is 1. The summed E-state index contributed by atoms with van der Waals surface area (Å²) in [7, 11) is 0. The van der Waals surface area contributed by atoms with Crippen molar-refractivity contribution in [3.05, 3.63) is 198 Å². The molecule has 0 bridgehead atoms. The normalized spacial score (nSPS) is 13.5. The van der Waals surface area contributed by atoms with Gasteiger partial charge in [-0.2, -0.15) is 0 Å². The van der Waals surface area contributed by atoms with Crippen LogP contribution in [0.15, 0.2) is 186 Å². The van der Waals surface area contributed by atoms with Crippen molar-refractivity contribution in [1.29, 1.82) is 0 Å². The summed E-state index contributed by atoms with van der Waals surface area (Å²) in [5.41, 5.74) is 20.7. The first kappa shape index (κ1) is 29.4. The van der Waals surface area contributed by atoms with Crippen molar-refractivity contribution in [2.75, 3.05) is 5.73 Å². The molecule has 0 saturated carbocycles. The summed E-state index contributed by atoms with van der Waals surface area (Å²) < 4.78 is 2.40. The van der Waals surface area contributed by atoms with Crippen LogP contribution in [0, 0.1) is 0 Å². The summed E-state index contributed by atoms with van der Waals surface area (Å²) in [5, 5.41) is 2.41. The summed E-state index contributed by atoms with van der Waals surface area (Å²) in [6, 6.07) is 63.9. The molecule has 0 fully saturated rings. The summed E-state index contributed by atoms with van der Waals surface area (Å²) >= 11 is 1.87. The van der Waals surface area contributed by atoms with Crippen molar-refractivity contribution in [1.82, 2.24) is 9.55 Å². The smallest absolute Gasteiger partial charge is 0.145 e. The highest BCUT2D eigenvalue weighted by atomic mass is 32.2. The van der Waals surface area contributed by atoms with Crippen LogP contribution in [-0.2, 0) is 5.41 Å². The van der Waals surface area contributed by atoms with Gasteiger partial charge in [0.2, 0.25) is 0 Å². The molecule has 2 N–H and O–H groups in total. The Kier molecular flexibility index (Phi) is 6.25. The van der Waals surface area contributed by atoms with Crippen LogP contribution in [0.1, 0.15) is 22.3 Å². The van der Waals surface area contributed by atoms with Gasteiger partial charge in [-0.15, -0.1) is 0 Å². The minimum Gasteiger partial charge on any atom is -0.399 e. The maximum Gasteiger partial charge on any atom is 0.145 e. The SMILES string of the molecule is Nc1ccc(-c2ccc3c(c2)-c2c(-n4c(-c5ccc6ccccc6c5)nc5ccccc54)cccc2C32c3ccccc3Sc3ccccc32)cc1. The first-order valence-corrected chi connectivity index (χ1v) is 18.5. The largest absolute Gasteiger partial charge is 0.399 e. The van der Waals surface area contributed by atoms with Gasteiger partial charge in [0.1, 0.15) is 5.82 Å². The predicted molar refractivity (Wildman–Crippen MR) is 215 cm³/mol. The lowest BCUT2D eigenvalue weighted by atomic mass is 9.67. The van der Waals surface area contributed by atoms with Gasteiger partial charge in [0.05, 0.1) is 22.1 Å². The van der Waals surface area contributed by atoms with E-state index in [4.69, 9.17) is 10.7 Å². The number of aromatic nitrogens is 2. The van der Waals surface area contributed by atoms with E-state index in [1.54, 1.807) is 0 Å². The number of hydrogen-bond donors (Lipinski definition) is 1. The van der Waals surface area contributed by atoms with Gasteiger partial charge in [-0.1, -0.05) is 133 Å². The van der Waals surface area contributed by atoms with Crippen LogP contribution in [0.4, 0.5) is 5.69 Å². The fourth-order valence-electron chi connectivity index (χ4n) is 8.77. The van der Waals surface area contributed by atoms with Crippen LogP contribution in [0.25, 0.3) is 61.1 Å². The molecule has 11 rings (SSSR count). The van der Waals surface area contributed by atoms with Crippen molar-refractivity contribution < 1.29 is 0 Å². The lowest BCUT2D eigenvalue weighted by Gasteiger charge is -2.39. The average Bonchev–Trinajstić information content (AvgIpc) is 3.72. The molecular weight excluding hydrogens is 651 g/mol. The third-order valence-electron chi connectivity index (χ3n) is 11.0. The molecule has 8 aromatic carbocycles. The van der Waals surface area contributed by atoms with E-state index < -0.39 is 5.41 Å². The molecule has 0 radical (unpaired) electrons. The first-order valence-electron chi connectivity index (χ1n) is 17.7. The third-order valence-corrected chi connectivity index (χ3v) is 12.1. The van der Waals surface area contributed by atoms with E-state index in [0.29, 0.717) is 0 Å². The number of benzene rings is 8. The summed E-state index contributed by atoms with van der Waals surface area (Å²) in [6.07, 6.45) is 0. The van der Waals surface area contributed by atoms with E-state index in [-0.39, 0.29) is 0 Å². The number of nitrogens with two attached hydrogens (primary N) is 1. The van der Waals surface area contributed by atoms with Gasteiger partial charge in [-0.05, 0) is 104 Å². The second kappa shape index (κ2) is 11.1. The maximum absolute atomic E-state index is 6.14. The molecule has 1 aromatic heterocycles. The molecule has 3 nitrogen and oxygen atoms in total. The van der Waals surface area contributed by atoms with Crippen LogP contribution >= 0.6 is 11.8 Å². The number of rotatable bonds is 3. The molecule has 2 heterocycles. The fourth-order valence-corrected chi connectivity index (χ4v) is 9.96. The zero-order valence-electron chi connectivity index (χ0n) is 28.1. The highest BCUT2D eigenvalue weighted by Gasteiger charge is 2.51. The van der Waals surface area contributed by atoms with E-state index in [9.17, 15) is 0 Å². The Balaban J connectivity index is 1.27. The number of fused-ring (bicyclic) bond motifs is 11. The average molecular weight is 682 g/mol. The molecule has 52 heavy (non-hydrogen) atoms. The quantitative estimate of drug-likeness (QED) is 0.189. The molecule has 4 heteroatoms. The summed E-state index contributed by atoms with van der Waals surface area (Å²) in [5.74, 6) is 0.928. The molecule has 0 amide bonds. The van der Waals surface area contributed by atoms with E-state index in [1.165, 1.54) is 53.9 Å². The van der Waals surface area contributed by atoms with Crippen LogP contribution in [0.5, 0.6) is 0 Å². The van der Waals surface area contributed by atoms with Crippen LogP contribution in [0.3, 0.4) is 0 Å². The molecule has 9 aromatic rings. The van der Waals surface area contributed by atoms with Crippen LogP contribution in [-0.4, -0.2) is 9.55 Å². The van der Waals surface area contributed by atoms with E-state index in [0.717, 1.165) is 44.9 Å². The Morgan fingerprint density at radius 1 is 0.500 bits per heavy atom. The van der Waals surface area contributed by atoms with Gasteiger partial charge >= 0.3 is 0 Å². The molecule has 0 saturated heterocycles. The van der Waals surface area contributed by atoms with E-state index in [2.05, 4.69) is 168 Å². The number of anilines is 1. The van der Waals surface area contributed by atoms with Crippen molar-refractivity contribution in [3.63, 3.8) is 0 Å². The minimum absolute atomic E-state index is 0.502. The molecule has 2 aliphatic rings. The topological polar surface area (TPSA) is 43.8 Å². The van der Waals surface area contributed by atoms with Gasteiger partial charge in [-0.3, -0.25) is 4.57 Å². The second-order valence-electron chi connectivity index (χ2n) is 13.7. The van der Waals surface area contributed by atoms with Gasteiger partial charge < -0.3 is 5.73 Å². The van der Waals surface area contributed by atoms with Crippen molar-refractivity contribution in [2.24, 2.45) is 0 Å². The molecule has 1 spiro atoms. The standard InChI is InChI=1S/C48H31N3S/c49-35-25-22-31(23-26-35)33-24-27-37-36(29-33)46-40(48(37)38-12-3-7-18-44(38)52-45-19-8-4-13-39(45)48)14-9-17-43(46)51-42-16-6-5-15-41(42)50-47(51)34-21-20-30-10-1-2-11-32(30)28-34/h1-29H,49H2. The molecule has 0 atom stereocenters. The zero-order chi connectivity index (χ0) is 34.4. The maximum atomic E-state index is 6.14. The van der Waals surface area contributed by atoms with E-state index in [1.807, 2.05) is 23.9 Å². The first-order chi connectivity index (χ1) is 25.7. The van der Waals surface area contributed by atoms with Crippen LogP contribution in [0.2, 0.25) is 0 Å². The summed E-state index contributed by atoms with van der Waals surface area (Å²) in [4.78, 5) is 7.92. The fraction of sp³-hybridized carbons (Fsp3) is 0.0208. The molecule has 0 unspecified atom stereocenters. The lowest BCUT2D eigenvalue weighted by molar-refractivity contribution is 0.722. The number of nitrogen functional groups attached to an aromatic ring is 1. The molecular formula is C48H31N3S. The Hall–Kier alpha value is -6.36. The Morgan fingerprint density at radius 2 is 1.15 bits per heavy atom. The number of para-hydroxylation sites is 2. The van der Waals surface area contributed by atoms with Crippen molar-refractivity contribution in [3.8, 4) is 39.3 Å². The Bertz CT molecular complexity index is 2860. The lowest BCUT2D eigenvalue weighted by Crippen LogP contribution is -2.32. The molecule has 1 aliphatic heterocycles. The minimum atomic E-state index is -0.502. The van der Waals surface area contributed by atoms with E-state index >= 15 is 0 Å². The molecule has 1 aliphatic carbocycles. The van der Waals surface area contributed by atoms with Gasteiger partial charge in [0.15, 0.2) is 0 Å². The Labute approximate surface area is 306 Å². The zero-order valence-corrected chi connectivity index (χ0v) is 28.9. The third kappa shape index (κ3) is 4.07. The van der Waals surface area contributed by atoms with Crippen molar-refractivity contribution in [2.45, 2.75) is 15.2 Å². The second-order valence-corrected chi connectivity index (χ2v) is 14.8. The van der Waals surface area contributed by atoms with Crippen molar-refractivity contribution >= 4 is 39.3 Å². The van der Waals surface area contributed by atoms with Gasteiger partial charge in [0, 0.05) is 26.6 Å². The van der Waals surface area contributed by atoms with Crippen LogP contribution < -0.4 is 5.73 Å². The van der Waals surface area contributed by atoms with Gasteiger partial charge in [-0.25, -0.2) is 4.98 Å². The Morgan fingerprint density at radius 3 is 1.96 bits per heavy atom. The predicted octanol–water partition coefficient (Wildman–Crippen LogP) is 11.9. The summed E-state index contributed by atoms with van der Waals surface area (Å²) in [6.45, 7) is 0.